The normalized spacial score (nSPS) is 8.86. The SMILES string of the molecule is CC[O][Ti][O]CC. The first-order valence-corrected chi connectivity index (χ1v) is 3.67. The van der Waals surface area contributed by atoms with Crippen molar-refractivity contribution in [3.8, 4) is 0 Å². The van der Waals surface area contributed by atoms with Crippen LogP contribution in [-0.2, 0) is 26.6 Å². The van der Waals surface area contributed by atoms with E-state index in [-0.39, 0.29) is 0 Å². The first kappa shape index (κ1) is 7.63. The van der Waals surface area contributed by atoms with Crippen LogP contribution in [0.15, 0.2) is 0 Å². The average Bonchev–Trinajstić information content (AvgIpc) is 1.69. The molecule has 0 amide bonds. The molecule has 0 saturated carbocycles. The molecular weight excluding hydrogens is 128 g/mol. The zero-order valence-corrected chi connectivity index (χ0v) is 6.29. The van der Waals surface area contributed by atoms with Crippen molar-refractivity contribution in [3.63, 3.8) is 0 Å². The van der Waals surface area contributed by atoms with E-state index < -0.39 is 19.9 Å². The van der Waals surface area contributed by atoms with Crippen LogP contribution in [0.5, 0.6) is 0 Å². The summed E-state index contributed by atoms with van der Waals surface area (Å²) in [4.78, 5) is 0. The molecule has 0 N–H and O–H groups in total. The van der Waals surface area contributed by atoms with Crippen molar-refractivity contribution in [2.45, 2.75) is 13.8 Å². The summed E-state index contributed by atoms with van der Waals surface area (Å²) in [5.74, 6) is 0. The Kier molecular flexibility index (Phi) is 7.24. The Bertz CT molecular complexity index is 28.9. The van der Waals surface area contributed by atoms with Gasteiger partial charge in [0.1, 0.15) is 0 Å². The van der Waals surface area contributed by atoms with Gasteiger partial charge in [-0.25, -0.2) is 0 Å². The molecule has 0 aliphatic rings. The van der Waals surface area contributed by atoms with E-state index in [0.29, 0.717) is 0 Å². The zero-order chi connectivity index (χ0) is 5.54. The first-order valence-electron chi connectivity index (χ1n) is 2.40. The minimum absolute atomic E-state index is 0.486. The number of rotatable bonds is 4. The molecular formula is C4H10O2Ti. The molecule has 0 aromatic carbocycles. The molecule has 0 rings (SSSR count). The Hall–Kier alpha value is 0.634. The van der Waals surface area contributed by atoms with E-state index in [2.05, 4.69) is 0 Å². The van der Waals surface area contributed by atoms with Crippen molar-refractivity contribution < 1.29 is 26.6 Å². The van der Waals surface area contributed by atoms with Crippen LogP contribution in [0.4, 0.5) is 0 Å². The molecule has 0 fully saturated rings. The Morgan fingerprint density at radius 1 is 1.14 bits per heavy atom. The van der Waals surface area contributed by atoms with Crippen molar-refractivity contribution in [1.82, 2.24) is 0 Å². The van der Waals surface area contributed by atoms with E-state index >= 15 is 0 Å². The summed E-state index contributed by atoms with van der Waals surface area (Å²) in [5.41, 5.74) is 0. The summed E-state index contributed by atoms with van der Waals surface area (Å²) in [6, 6.07) is 0. The van der Waals surface area contributed by atoms with Crippen LogP contribution in [-0.4, -0.2) is 13.2 Å². The van der Waals surface area contributed by atoms with Gasteiger partial charge in [-0.1, -0.05) is 0 Å². The number of hydrogen-bond acceptors (Lipinski definition) is 2. The van der Waals surface area contributed by atoms with Gasteiger partial charge in [-0.2, -0.15) is 0 Å². The van der Waals surface area contributed by atoms with Gasteiger partial charge < -0.3 is 0 Å². The molecule has 7 heavy (non-hydrogen) atoms. The van der Waals surface area contributed by atoms with Crippen molar-refractivity contribution in [1.29, 1.82) is 0 Å². The standard InChI is InChI=1S/2C2H5O.Ti/c2*1-2-3;/h2*2H2,1H3;/q2*-1;+2. The molecule has 0 aromatic heterocycles. The summed E-state index contributed by atoms with van der Waals surface area (Å²) >= 11 is -0.486. The summed E-state index contributed by atoms with van der Waals surface area (Å²) < 4.78 is 9.95. The third-order valence-corrected chi connectivity index (χ3v) is 1.68. The van der Waals surface area contributed by atoms with E-state index in [1.165, 1.54) is 0 Å². The van der Waals surface area contributed by atoms with Gasteiger partial charge in [0.05, 0.1) is 0 Å². The topological polar surface area (TPSA) is 18.5 Å². The molecule has 0 unspecified atom stereocenters. The second kappa shape index (κ2) is 6.63. The second-order valence-corrected chi connectivity index (χ2v) is 2.11. The molecule has 3 heteroatoms. The van der Waals surface area contributed by atoms with Crippen molar-refractivity contribution in [2.24, 2.45) is 0 Å². The predicted molar refractivity (Wildman–Crippen MR) is 23.3 cm³/mol. The Morgan fingerprint density at radius 2 is 1.57 bits per heavy atom. The fourth-order valence-corrected chi connectivity index (χ4v) is 0.658. The minimum atomic E-state index is -0.486. The summed E-state index contributed by atoms with van der Waals surface area (Å²) in [7, 11) is 0. The first-order chi connectivity index (χ1) is 3.41. The van der Waals surface area contributed by atoms with E-state index in [9.17, 15) is 0 Å². The van der Waals surface area contributed by atoms with Crippen LogP contribution in [0, 0.1) is 0 Å². The van der Waals surface area contributed by atoms with Crippen molar-refractivity contribution in [2.75, 3.05) is 13.2 Å². The van der Waals surface area contributed by atoms with E-state index in [4.69, 9.17) is 6.64 Å². The number of hydrogen-bond donors (Lipinski definition) is 0. The monoisotopic (exact) mass is 138 g/mol. The molecule has 0 spiro atoms. The van der Waals surface area contributed by atoms with Crippen molar-refractivity contribution in [3.05, 3.63) is 0 Å². The Labute approximate surface area is 54.1 Å². The second-order valence-electron chi connectivity index (χ2n) is 0.949. The van der Waals surface area contributed by atoms with Gasteiger partial charge in [0.15, 0.2) is 0 Å². The molecule has 42 valence electrons. The van der Waals surface area contributed by atoms with Gasteiger partial charge in [-0.15, -0.1) is 0 Å². The van der Waals surface area contributed by atoms with Crippen molar-refractivity contribution >= 4 is 0 Å². The van der Waals surface area contributed by atoms with E-state index in [1.807, 2.05) is 13.8 Å². The molecule has 0 aromatic rings. The predicted octanol–water partition coefficient (Wildman–Crippen LogP) is 0.972. The molecule has 0 atom stereocenters. The fraction of sp³-hybridized carbons (Fsp3) is 1.00. The fourth-order valence-electron chi connectivity index (χ4n) is 0.160. The van der Waals surface area contributed by atoms with Crippen LogP contribution in [0.1, 0.15) is 13.8 Å². The zero-order valence-electron chi connectivity index (χ0n) is 4.73. The summed E-state index contributed by atoms with van der Waals surface area (Å²) in [6.07, 6.45) is 0. The van der Waals surface area contributed by atoms with Crippen LogP contribution < -0.4 is 0 Å². The molecule has 0 heterocycles. The van der Waals surface area contributed by atoms with Gasteiger partial charge >= 0.3 is 53.6 Å². The molecule has 2 nitrogen and oxygen atoms in total. The van der Waals surface area contributed by atoms with Crippen LogP contribution in [0.25, 0.3) is 0 Å². The van der Waals surface area contributed by atoms with E-state index in [0.717, 1.165) is 13.2 Å². The Balaban J connectivity index is 2.45. The molecule has 0 radical (unpaired) electrons. The molecule has 0 aliphatic heterocycles. The maximum absolute atomic E-state index is 4.98. The van der Waals surface area contributed by atoms with Gasteiger partial charge in [-0.3, -0.25) is 0 Å². The molecule has 0 saturated heterocycles. The molecule has 0 aliphatic carbocycles. The third-order valence-electron chi connectivity index (χ3n) is 0.407. The van der Waals surface area contributed by atoms with Gasteiger partial charge in [0.25, 0.3) is 0 Å². The quantitative estimate of drug-likeness (QED) is 0.425. The average molecular weight is 138 g/mol. The van der Waals surface area contributed by atoms with Gasteiger partial charge in [-0.05, 0) is 0 Å². The van der Waals surface area contributed by atoms with Crippen LogP contribution in [0.3, 0.4) is 0 Å². The third kappa shape index (κ3) is 6.63. The molecule has 0 bridgehead atoms. The summed E-state index contributed by atoms with van der Waals surface area (Å²) in [6.45, 7) is 5.53. The van der Waals surface area contributed by atoms with E-state index in [1.54, 1.807) is 0 Å². The van der Waals surface area contributed by atoms with Crippen LogP contribution in [0.2, 0.25) is 0 Å². The maximum atomic E-state index is 4.98. The van der Waals surface area contributed by atoms with Gasteiger partial charge in [0, 0.05) is 0 Å². The van der Waals surface area contributed by atoms with Crippen LogP contribution >= 0.6 is 0 Å². The Morgan fingerprint density at radius 3 is 1.86 bits per heavy atom. The van der Waals surface area contributed by atoms with Gasteiger partial charge in [0.2, 0.25) is 0 Å². The summed E-state index contributed by atoms with van der Waals surface area (Å²) in [5, 5.41) is 0.